The highest BCUT2D eigenvalue weighted by atomic mass is 32.2. The number of ether oxygens (including phenoxy) is 3. The Balaban J connectivity index is 1.46. The molecule has 0 aliphatic carbocycles. The molecule has 4 atom stereocenters. The van der Waals surface area contributed by atoms with Crippen molar-refractivity contribution in [2.24, 2.45) is 0 Å². The molecule has 6 nitrogen and oxygen atoms in total. The van der Waals surface area contributed by atoms with Crippen LogP contribution in [0.4, 0.5) is 0 Å². The van der Waals surface area contributed by atoms with Crippen molar-refractivity contribution < 1.29 is 28.9 Å². The van der Waals surface area contributed by atoms with Gasteiger partial charge in [0.15, 0.2) is 6.10 Å². The summed E-state index contributed by atoms with van der Waals surface area (Å²) in [6.45, 7) is -0.167. The number of carbonyl (C=O) groups is 2. The second kappa shape index (κ2) is 10.5. The lowest BCUT2D eigenvalue weighted by atomic mass is 10.1. The number of aliphatic hydroxyl groups excluding tert-OH is 1. The molecule has 32 heavy (non-hydrogen) atoms. The van der Waals surface area contributed by atoms with E-state index in [4.69, 9.17) is 14.2 Å². The molecule has 0 radical (unpaired) electrons. The largest absolute Gasteiger partial charge is 0.459 e. The molecular weight excluding hydrogens is 428 g/mol. The van der Waals surface area contributed by atoms with E-state index in [2.05, 4.69) is 0 Å². The van der Waals surface area contributed by atoms with Gasteiger partial charge in [-0.05, 0) is 36.4 Å². The van der Waals surface area contributed by atoms with E-state index in [-0.39, 0.29) is 6.61 Å². The van der Waals surface area contributed by atoms with Gasteiger partial charge in [-0.25, -0.2) is 9.59 Å². The van der Waals surface area contributed by atoms with Crippen LogP contribution in [-0.4, -0.2) is 47.4 Å². The summed E-state index contributed by atoms with van der Waals surface area (Å²) in [5.74, 6) is -1.07. The number of rotatable bonds is 7. The van der Waals surface area contributed by atoms with Crippen molar-refractivity contribution in [2.75, 3.05) is 6.61 Å². The molecule has 0 bridgehead atoms. The Hall–Kier alpha value is -3.13. The molecule has 0 spiro atoms. The summed E-state index contributed by atoms with van der Waals surface area (Å²) in [4.78, 5) is 25.8. The smallest absolute Gasteiger partial charge is 0.338 e. The van der Waals surface area contributed by atoms with Crippen LogP contribution in [-0.2, 0) is 14.2 Å². The highest BCUT2D eigenvalue weighted by molar-refractivity contribution is 7.99. The number of benzene rings is 3. The molecule has 3 aromatic carbocycles. The predicted molar refractivity (Wildman–Crippen MR) is 119 cm³/mol. The maximum atomic E-state index is 12.6. The van der Waals surface area contributed by atoms with Gasteiger partial charge in [-0.3, -0.25) is 0 Å². The van der Waals surface area contributed by atoms with Gasteiger partial charge in [0.05, 0.1) is 11.1 Å². The summed E-state index contributed by atoms with van der Waals surface area (Å²) in [7, 11) is 0. The van der Waals surface area contributed by atoms with E-state index >= 15 is 0 Å². The number of hydrogen-bond donors (Lipinski definition) is 1. The van der Waals surface area contributed by atoms with Gasteiger partial charge in [-0.1, -0.05) is 66.4 Å². The van der Waals surface area contributed by atoms with Gasteiger partial charge in [-0.2, -0.15) is 0 Å². The second-order valence-corrected chi connectivity index (χ2v) is 8.34. The number of aliphatic hydroxyl groups is 1. The Morgan fingerprint density at radius 1 is 0.812 bits per heavy atom. The molecular formula is C25H22O6S. The number of hydrogen-bond acceptors (Lipinski definition) is 7. The molecule has 1 heterocycles. The minimum absolute atomic E-state index is 0.167. The third kappa shape index (κ3) is 5.37. The maximum absolute atomic E-state index is 12.6. The van der Waals surface area contributed by atoms with Crippen molar-refractivity contribution in [2.45, 2.75) is 28.6 Å². The summed E-state index contributed by atoms with van der Waals surface area (Å²) in [6, 6.07) is 26.6. The maximum Gasteiger partial charge on any atom is 0.338 e. The van der Waals surface area contributed by atoms with Crippen LogP contribution in [0.2, 0.25) is 0 Å². The van der Waals surface area contributed by atoms with Gasteiger partial charge in [0.25, 0.3) is 0 Å². The van der Waals surface area contributed by atoms with Gasteiger partial charge in [0, 0.05) is 4.90 Å². The summed E-state index contributed by atoms with van der Waals surface area (Å²) < 4.78 is 17.0. The Labute approximate surface area is 190 Å². The van der Waals surface area contributed by atoms with Crippen LogP contribution in [0.25, 0.3) is 0 Å². The normalized spacial score (nSPS) is 22.3. The van der Waals surface area contributed by atoms with Crippen LogP contribution in [0, 0.1) is 0 Å². The van der Waals surface area contributed by atoms with Gasteiger partial charge in [-0.15, -0.1) is 0 Å². The van der Waals surface area contributed by atoms with Crippen molar-refractivity contribution in [3.05, 3.63) is 102 Å². The predicted octanol–water partition coefficient (Wildman–Crippen LogP) is 3.95. The van der Waals surface area contributed by atoms with E-state index in [9.17, 15) is 14.7 Å². The van der Waals surface area contributed by atoms with Crippen LogP contribution in [0.1, 0.15) is 20.7 Å². The van der Waals surface area contributed by atoms with E-state index in [0.29, 0.717) is 11.1 Å². The molecule has 0 saturated carbocycles. The van der Waals surface area contributed by atoms with Crippen LogP contribution in [0.5, 0.6) is 0 Å². The topological polar surface area (TPSA) is 82.1 Å². The van der Waals surface area contributed by atoms with Crippen LogP contribution >= 0.6 is 11.8 Å². The Morgan fingerprint density at radius 2 is 1.34 bits per heavy atom. The molecule has 4 rings (SSSR count). The van der Waals surface area contributed by atoms with Crippen molar-refractivity contribution in [3.63, 3.8) is 0 Å². The molecule has 7 heteroatoms. The Bertz CT molecular complexity index is 1030. The van der Waals surface area contributed by atoms with Gasteiger partial charge in [0.1, 0.15) is 24.3 Å². The first-order chi connectivity index (χ1) is 15.6. The molecule has 1 saturated heterocycles. The average Bonchev–Trinajstić information content (AvgIpc) is 3.13. The highest BCUT2D eigenvalue weighted by Gasteiger charge is 2.47. The zero-order chi connectivity index (χ0) is 22.3. The molecule has 1 fully saturated rings. The van der Waals surface area contributed by atoms with Crippen molar-refractivity contribution >= 4 is 23.7 Å². The fraction of sp³-hybridized carbons (Fsp3) is 0.200. The van der Waals surface area contributed by atoms with E-state index in [1.807, 2.05) is 30.3 Å². The lowest BCUT2D eigenvalue weighted by Crippen LogP contribution is -2.38. The first-order valence-electron chi connectivity index (χ1n) is 10.2. The van der Waals surface area contributed by atoms with Crippen LogP contribution in [0.3, 0.4) is 0 Å². The molecule has 1 aliphatic heterocycles. The SMILES string of the molecule is O=C(OC[C@@H]1O[C@@H](Sc2ccccc2)[C@H](OC(=O)c2ccccc2)[C@H]1O)c1ccccc1. The lowest BCUT2D eigenvalue weighted by molar-refractivity contribution is -0.0267. The van der Waals surface area contributed by atoms with Crippen LogP contribution in [0.15, 0.2) is 95.9 Å². The van der Waals surface area contributed by atoms with E-state index < -0.39 is 35.7 Å². The fourth-order valence-corrected chi connectivity index (χ4v) is 4.41. The molecule has 0 amide bonds. The van der Waals surface area contributed by atoms with Crippen molar-refractivity contribution in [3.8, 4) is 0 Å². The molecule has 0 unspecified atom stereocenters. The average molecular weight is 451 g/mol. The number of carbonyl (C=O) groups excluding carboxylic acids is 2. The zero-order valence-electron chi connectivity index (χ0n) is 17.1. The zero-order valence-corrected chi connectivity index (χ0v) is 17.9. The van der Waals surface area contributed by atoms with E-state index in [0.717, 1.165) is 4.90 Å². The van der Waals surface area contributed by atoms with E-state index in [1.54, 1.807) is 60.7 Å². The summed E-state index contributed by atoms with van der Waals surface area (Å²) in [5.41, 5.74) is 0.116. The Morgan fingerprint density at radius 3 is 1.94 bits per heavy atom. The first kappa shape index (κ1) is 22.1. The summed E-state index contributed by atoms with van der Waals surface area (Å²) >= 11 is 1.33. The first-order valence-corrected chi connectivity index (χ1v) is 11.0. The van der Waals surface area contributed by atoms with Crippen LogP contribution < -0.4 is 0 Å². The fourth-order valence-electron chi connectivity index (χ4n) is 3.28. The van der Waals surface area contributed by atoms with Gasteiger partial charge >= 0.3 is 11.9 Å². The quantitative estimate of drug-likeness (QED) is 0.546. The molecule has 1 aliphatic rings. The highest BCUT2D eigenvalue weighted by Crippen LogP contribution is 2.36. The molecule has 3 aromatic rings. The third-order valence-corrected chi connectivity index (χ3v) is 6.09. The van der Waals surface area contributed by atoms with Crippen molar-refractivity contribution in [1.29, 1.82) is 0 Å². The third-order valence-electron chi connectivity index (χ3n) is 4.93. The van der Waals surface area contributed by atoms with Crippen molar-refractivity contribution in [1.82, 2.24) is 0 Å². The number of thioether (sulfide) groups is 1. The van der Waals surface area contributed by atoms with Gasteiger partial charge in [0.2, 0.25) is 0 Å². The standard InChI is InChI=1S/C25H22O6S/c26-21-20(16-29-23(27)17-10-4-1-5-11-17)30-25(32-19-14-8-3-9-15-19)22(21)31-24(28)18-12-6-2-7-13-18/h1-15,20-22,25-26H,16H2/t20-,21-,22+,25-/m0/s1. The van der Waals surface area contributed by atoms with E-state index in [1.165, 1.54) is 11.8 Å². The summed E-state index contributed by atoms with van der Waals surface area (Å²) in [6.07, 6.45) is -2.93. The minimum Gasteiger partial charge on any atom is -0.459 e. The second-order valence-electron chi connectivity index (χ2n) is 7.16. The molecule has 1 N–H and O–H groups in total. The minimum atomic E-state index is -1.16. The van der Waals surface area contributed by atoms with Gasteiger partial charge < -0.3 is 19.3 Å². The monoisotopic (exact) mass is 450 g/mol. The number of esters is 2. The lowest BCUT2D eigenvalue weighted by Gasteiger charge is -2.20. The Kier molecular flexibility index (Phi) is 7.21. The molecule has 164 valence electrons. The summed E-state index contributed by atoms with van der Waals surface area (Å²) in [5, 5.41) is 10.9. The molecule has 0 aromatic heterocycles.